The first-order chi connectivity index (χ1) is 18.5. The lowest BCUT2D eigenvalue weighted by Gasteiger charge is -2.23. The maximum absolute atomic E-state index is 9.97. The van der Waals surface area contributed by atoms with Gasteiger partial charge < -0.3 is 25.7 Å². The van der Waals surface area contributed by atoms with Crippen LogP contribution in [0.5, 0.6) is 0 Å². The van der Waals surface area contributed by atoms with Gasteiger partial charge in [0, 0.05) is 51.6 Å². The van der Waals surface area contributed by atoms with Gasteiger partial charge in [-0.1, -0.05) is 23.7 Å². The van der Waals surface area contributed by atoms with E-state index in [-0.39, 0.29) is 25.3 Å². The van der Waals surface area contributed by atoms with Gasteiger partial charge in [-0.3, -0.25) is 9.97 Å². The highest BCUT2D eigenvalue weighted by molar-refractivity contribution is 6.31. The van der Waals surface area contributed by atoms with Gasteiger partial charge in [0.05, 0.1) is 24.2 Å². The first-order valence-electron chi connectivity index (χ1n) is 13.3. The highest BCUT2D eigenvalue weighted by Crippen LogP contribution is 2.26. The van der Waals surface area contributed by atoms with Crippen LogP contribution in [-0.4, -0.2) is 70.5 Å². The molecule has 0 unspecified atom stereocenters. The van der Waals surface area contributed by atoms with E-state index in [0.29, 0.717) is 5.02 Å². The Labute approximate surface area is 229 Å². The summed E-state index contributed by atoms with van der Waals surface area (Å²) in [7, 11) is 2.13. The first kappa shape index (κ1) is 28.0. The topological polar surface area (TPSA) is 93.5 Å². The molecule has 4 aromatic rings. The summed E-state index contributed by atoms with van der Waals surface area (Å²) in [5, 5.41) is 29.6. The van der Waals surface area contributed by atoms with Crippen LogP contribution in [0.25, 0.3) is 21.8 Å². The molecule has 202 valence electrons. The van der Waals surface area contributed by atoms with Crippen LogP contribution in [0.3, 0.4) is 0 Å². The van der Waals surface area contributed by atoms with Crippen molar-refractivity contribution >= 4 is 44.8 Å². The highest BCUT2D eigenvalue weighted by Gasteiger charge is 2.13. The fourth-order valence-electron chi connectivity index (χ4n) is 4.82. The predicted molar refractivity (Wildman–Crippen MR) is 158 cm³/mol. The van der Waals surface area contributed by atoms with Gasteiger partial charge >= 0.3 is 0 Å². The zero-order chi connectivity index (χ0) is 26.9. The number of aromatic nitrogens is 2. The van der Waals surface area contributed by atoms with Crippen LogP contribution >= 0.6 is 11.6 Å². The summed E-state index contributed by atoms with van der Waals surface area (Å²) >= 11 is 6.10. The molecule has 8 heteroatoms. The summed E-state index contributed by atoms with van der Waals surface area (Å²) in [4.78, 5) is 11.2. The molecule has 0 spiro atoms. The quantitative estimate of drug-likeness (QED) is 0.170. The lowest BCUT2D eigenvalue weighted by Crippen LogP contribution is -2.28. The molecule has 2 aromatic carbocycles. The van der Waals surface area contributed by atoms with E-state index in [1.807, 2.05) is 36.5 Å². The molecule has 0 fully saturated rings. The minimum Gasteiger partial charge on any atom is -0.394 e. The molecule has 2 atom stereocenters. The summed E-state index contributed by atoms with van der Waals surface area (Å²) in [6, 6.07) is 15.8. The third-order valence-electron chi connectivity index (χ3n) is 6.95. The van der Waals surface area contributed by atoms with E-state index >= 15 is 0 Å². The van der Waals surface area contributed by atoms with Crippen LogP contribution in [0.2, 0.25) is 5.02 Å². The van der Waals surface area contributed by atoms with E-state index in [1.54, 1.807) is 6.20 Å². The first-order valence-corrected chi connectivity index (χ1v) is 13.7. The second-order valence-corrected chi connectivity index (χ2v) is 10.5. The van der Waals surface area contributed by atoms with Gasteiger partial charge in [-0.25, -0.2) is 0 Å². The number of nitrogens with one attached hydrogen (secondary N) is 2. The molecule has 0 aliphatic carbocycles. The number of rotatable bonds is 14. The fourth-order valence-corrected chi connectivity index (χ4v) is 4.98. The van der Waals surface area contributed by atoms with Gasteiger partial charge in [-0.2, -0.15) is 0 Å². The molecular weight excluding hydrogens is 498 g/mol. The highest BCUT2D eigenvalue weighted by atomic mass is 35.5. The van der Waals surface area contributed by atoms with Crippen molar-refractivity contribution in [3.8, 4) is 0 Å². The number of nitrogens with zero attached hydrogens (tertiary/aromatic N) is 3. The van der Waals surface area contributed by atoms with Gasteiger partial charge in [0.15, 0.2) is 0 Å². The maximum atomic E-state index is 9.97. The minimum atomic E-state index is -0.0355. The smallest absolute Gasteiger partial charge is 0.0737 e. The molecule has 4 N–H and O–H groups in total. The summed E-state index contributed by atoms with van der Waals surface area (Å²) in [5.74, 6) is 0. The van der Waals surface area contributed by atoms with Crippen molar-refractivity contribution in [2.75, 3.05) is 44.0 Å². The normalized spacial score (nSPS) is 13.2. The van der Waals surface area contributed by atoms with Crippen LogP contribution < -0.4 is 10.6 Å². The number of benzene rings is 2. The number of aliphatic hydroxyl groups excluding tert-OH is 2. The van der Waals surface area contributed by atoms with Crippen molar-refractivity contribution in [2.24, 2.45) is 0 Å². The third kappa shape index (κ3) is 7.54. The van der Waals surface area contributed by atoms with Crippen molar-refractivity contribution in [2.45, 2.75) is 44.7 Å². The van der Waals surface area contributed by atoms with Crippen molar-refractivity contribution < 1.29 is 10.2 Å². The molecule has 38 heavy (non-hydrogen) atoms. The lowest BCUT2D eigenvalue weighted by atomic mass is 10.1. The van der Waals surface area contributed by atoms with Crippen LogP contribution in [0.15, 0.2) is 60.9 Å². The van der Waals surface area contributed by atoms with Gasteiger partial charge in [-0.15, -0.1) is 0 Å². The molecule has 0 radical (unpaired) electrons. The zero-order valence-corrected chi connectivity index (χ0v) is 23.0. The maximum Gasteiger partial charge on any atom is 0.0737 e. The fraction of sp³-hybridized carbons (Fsp3) is 0.400. The monoisotopic (exact) mass is 535 g/mol. The van der Waals surface area contributed by atoms with Crippen molar-refractivity contribution in [3.63, 3.8) is 0 Å². The number of anilines is 2. The average molecular weight is 536 g/mol. The van der Waals surface area contributed by atoms with Gasteiger partial charge in [0.1, 0.15) is 0 Å². The Bertz CT molecular complexity index is 1230. The van der Waals surface area contributed by atoms with Crippen molar-refractivity contribution in [1.29, 1.82) is 0 Å². The number of fused-ring (bicyclic) bond motifs is 2. The van der Waals surface area contributed by atoms with Crippen LogP contribution in [0.1, 0.15) is 31.2 Å². The number of hydrogen-bond acceptors (Lipinski definition) is 7. The Kier molecular flexibility index (Phi) is 10.1. The number of hydrogen-bond donors (Lipinski definition) is 4. The Morgan fingerprint density at radius 3 is 1.87 bits per heavy atom. The second-order valence-electron chi connectivity index (χ2n) is 10.0. The molecule has 2 heterocycles. The molecule has 0 saturated carbocycles. The molecule has 2 aromatic heterocycles. The number of aliphatic hydroxyl groups is 2. The van der Waals surface area contributed by atoms with E-state index in [9.17, 15) is 10.2 Å². The average Bonchev–Trinajstić information content (AvgIpc) is 2.91. The number of aryl methyl sites for hydroxylation is 1. The van der Waals surface area contributed by atoms with Crippen molar-refractivity contribution in [3.05, 3.63) is 71.5 Å². The lowest BCUT2D eigenvalue weighted by molar-refractivity contribution is 0.249. The minimum absolute atomic E-state index is 0.0108. The molecule has 0 amide bonds. The van der Waals surface area contributed by atoms with Crippen molar-refractivity contribution in [1.82, 2.24) is 14.9 Å². The van der Waals surface area contributed by atoms with E-state index < -0.39 is 0 Å². The van der Waals surface area contributed by atoms with E-state index in [2.05, 4.69) is 57.7 Å². The molecule has 0 aliphatic heterocycles. The Balaban J connectivity index is 1.21. The van der Waals surface area contributed by atoms with E-state index in [4.69, 9.17) is 11.6 Å². The third-order valence-corrected chi connectivity index (χ3v) is 7.18. The predicted octanol–water partition coefficient (Wildman–Crippen LogP) is 5.48. The molecular formula is C30H38ClN5O2. The van der Waals surface area contributed by atoms with Gasteiger partial charge in [-0.05, 0) is 94.7 Å². The largest absolute Gasteiger partial charge is 0.394 e. The number of halogens is 1. The Morgan fingerprint density at radius 2 is 1.32 bits per heavy atom. The zero-order valence-electron chi connectivity index (χ0n) is 22.2. The summed E-state index contributed by atoms with van der Waals surface area (Å²) in [5.41, 5.74) is 4.94. The summed E-state index contributed by atoms with van der Waals surface area (Å²) in [6.07, 6.45) is 7.24. The summed E-state index contributed by atoms with van der Waals surface area (Å²) in [6.45, 7) is 4.10. The molecule has 7 nitrogen and oxygen atoms in total. The molecule has 0 aliphatic rings. The molecule has 4 rings (SSSR count). The van der Waals surface area contributed by atoms with Gasteiger partial charge in [0.2, 0.25) is 0 Å². The van der Waals surface area contributed by atoms with E-state index in [1.165, 1.54) is 5.56 Å². The van der Waals surface area contributed by atoms with E-state index in [0.717, 1.165) is 72.0 Å². The Morgan fingerprint density at radius 1 is 0.789 bits per heavy atom. The molecule has 0 bridgehead atoms. The van der Waals surface area contributed by atoms with Crippen LogP contribution in [-0.2, 0) is 0 Å². The van der Waals surface area contributed by atoms with Gasteiger partial charge in [0.25, 0.3) is 0 Å². The van der Waals surface area contributed by atoms with Crippen LogP contribution in [0, 0.1) is 6.92 Å². The van der Waals surface area contributed by atoms with Crippen LogP contribution in [0.4, 0.5) is 11.4 Å². The standard InChI is InChI=1S/C30H38ClN5O2/c1-21-7-9-25-27(11-13-32-29(25)17-21)34-23(19-37)5-3-15-36(2)16-4-6-24(20-38)35-28-12-14-33-30-18-22(31)8-10-26(28)30/h7-14,17-18,23-24,37-38H,3-6,15-16,19-20H2,1-2H3,(H,32,34)(H,33,35)/t23-,24-/m1/s1. The second kappa shape index (κ2) is 13.7. The SMILES string of the molecule is Cc1ccc2c(N[C@@H](CO)CCCN(C)CCC[C@H](CO)Nc3ccnc4cc(Cl)ccc34)ccnc2c1. The summed E-state index contributed by atoms with van der Waals surface area (Å²) < 4.78 is 0. The number of pyridine rings is 2. The molecule has 0 saturated heterocycles. The Hall–Kier alpha value is -2.97.